The van der Waals surface area contributed by atoms with E-state index in [1.165, 1.54) is 0 Å². The molecule has 18 heavy (non-hydrogen) atoms. The van der Waals surface area contributed by atoms with Crippen molar-refractivity contribution in [3.63, 3.8) is 0 Å². The van der Waals surface area contributed by atoms with E-state index in [-0.39, 0.29) is 6.54 Å². The zero-order valence-electron chi connectivity index (χ0n) is 10.6. The number of hydrogen-bond acceptors (Lipinski definition) is 3. The fourth-order valence-electron chi connectivity index (χ4n) is 1.81. The molecule has 0 aromatic heterocycles. The van der Waals surface area contributed by atoms with Gasteiger partial charge in [0.15, 0.2) is 0 Å². The normalized spacial score (nSPS) is 10.7. The van der Waals surface area contributed by atoms with E-state index in [4.69, 9.17) is 21.4 Å². The van der Waals surface area contributed by atoms with Gasteiger partial charge in [-0.3, -0.25) is 9.69 Å². The zero-order chi connectivity index (χ0) is 13.5. The first-order valence-electron chi connectivity index (χ1n) is 5.83. The van der Waals surface area contributed by atoms with E-state index in [1.807, 2.05) is 17.9 Å². The SMILES string of the molecule is CCCN(CC(=O)O)Cc1ccc(Cl)cc1OC. The molecule has 0 aliphatic heterocycles. The summed E-state index contributed by atoms with van der Waals surface area (Å²) >= 11 is 5.89. The highest BCUT2D eigenvalue weighted by Crippen LogP contribution is 2.24. The van der Waals surface area contributed by atoms with Gasteiger partial charge < -0.3 is 9.84 Å². The second kappa shape index (κ2) is 7.24. The molecule has 5 heteroatoms. The molecule has 4 nitrogen and oxygen atoms in total. The third kappa shape index (κ3) is 4.55. The van der Waals surface area contributed by atoms with Gasteiger partial charge in [0.2, 0.25) is 0 Å². The van der Waals surface area contributed by atoms with Gasteiger partial charge in [0, 0.05) is 17.1 Å². The zero-order valence-corrected chi connectivity index (χ0v) is 11.4. The number of halogens is 1. The number of rotatable bonds is 7. The molecule has 0 atom stereocenters. The summed E-state index contributed by atoms with van der Waals surface area (Å²) in [5.41, 5.74) is 0.941. The Hall–Kier alpha value is -1.26. The lowest BCUT2D eigenvalue weighted by Crippen LogP contribution is -2.30. The van der Waals surface area contributed by atoms with Crippen LogP contribution < -0.4 is 4.74 Å². The van der Waals surface area contributed by atoms with Gasteiger partial charge in [0.05, 0.1) is 13.7 Å². The third-order valence-corrected chi connectivity index (χ3v) is 2.78. The summed E-state index contributed by atoms with van der Waals surface area (Å²) in [5, 5.41) is 9.47. The predicted molar refractivity (Wildman–Crippen MR) is 71.2 cm³/mol. The van der Waals surface area contributed by atoms with Crippen molar-refractivity contribution >= 4 is 17.6 Å². The van der Waals surface area contributed by atoms with E-state index in [9.17, 15) is 4.79 Å². The van der Waals surface area contributed by atoms with Crippen molar-refractivity contribution in [2.45, 2.75) is 19.9 Å². The van der Waals surface area contributed by atoms with Crippen LogP contribution >= 0.6 is 11.6 Å². The highest BCUT2D eigenvalue weighted by atomic mass is 35.5. The Bertz CT molecular complexity index is 409. The monoisotopic (exact) mass is 271 g/mol. The molecule has 0 radical (unpaired) electrons. The molecule has 0 saturated carbocycles. The molecule has 0 aliphatic rings. The molecule has 1 aromatic carbocycles. The molecular weight excluding hydrogens is 254 g/mol. The minimum atomic E-state index is -0.823. The summed E-state index contributed by atoms with van der Waals surface area (Å²) in [7, 11) is 1.58. The Morgan fingerprint density at radius 3 is 2.78 bits per heavy atom. The maximum absolute atomic E-state index is 10.8. The number of nitrogens with zero attached hydrogens (tertiary/aromatic N) is 1. The molecule has 0 fully saturated rings. The summed E-state index contributed by atoms with van der Waals surface area (Å²) in [6.07, 6.45) is 0.906. The van der Waals surface area contributed by atoms with Gasteiger partial charge in [-0.15, -0.1) is 0 Å². The molecule has 1 N–H and O–H groups in total. The van der Waals surface area contributed by atoms with Crippen LogP contribution in [0, 0.1) is 0 Å². The van der Waals surface area contributed by atoms with Crippen LogP contribution in [0.4, 0.5) is 0 Å². The molecule has 0 saturated heterocycles. The topological polar surface area (TPSA) is 49.8 Å². The van der Waals surface area contributed by atoms with Crippen molar-refractivity contribution in [2.24, 2.45) is 0 Å². The fourth-order valence-corrected chi connectivity index (χ4v) is 1.97. The van der Waals surface area contributed by atoms with E-state index in [0.717, 1.165) is 18.5 Å². The Balaban J connectivity index is 2.82. The Labute approximate surface area is 112 Å². The first kappa shape index (κ1) is 14.8. The Morgan fingerprint density at radius 1 is 1.50 bits per heavy atom. The van der Waals surface area contributed by atoms with Crippen LogP contribution in [0.1, 0.15) is 18.9 Å². The number of carboxylic acid groups (broad SMARTS) is 1. The van der Waals surface area contributed by atoms with Crippen molar-refractivity contribution in [3.8, 4) is 5.75 Å². The van der Waals surface area contributed by atoms with E-state index in [2.05, 4.69) is 0 Å². The second-order valence-electron chi connectivity index (χ2n) is 4.06. The van der Waals surface area contributed by atoms with E-state index in [0.29, 0.717) is 17.3 Å². The van der Waals surface area contributed by atoms with Crippen molar-refractivity contribution in [1.82, 2.24) is 4.90 Å². The lowest BCUT2D eigenvalue weighted by molar-refractivity contribution is -0.138. The molecule has 100 valence electrons. The largest absolute Gasteiger partial charge is 0.496 e. The first-order valence-corrected chi connectivity index (χ1v) is 6.21. The fraction of sp³-hybridized carbons (Fsp3) is 0.462. The van der Waals surface area contributed by atoms with Crippen LogP contribution in [0.25, 0.3) is 0 Å². The minimum Gasteiger partial charge on any atom is -0.496 e. The van der Waals surface area contributed by atoms with E-state index >= 15 is 0 Å². The van der Waals surface area contributed by atoms with Crippen LogP contribution in [-0.2, 0) is 11.3 Å². The Kier molecular flexibility index (Phi) is 5.95. The Morgan fingerprint density at radius 2 is 2.22 bits per heavy atom. The van der Waals surface area contributed by atoms with Crippen LogP contribution in [0.2, 0.25) is 5.02 Å². The number of carbonyl (C=O) groups is 1. The summed E-state index contributed by atoms with van der Waals surface area (Å²) in [6, 6.07) is 5.39. The number of methoxy groups -OCH3 is 1. The van der Waals surface area contributed by atoms with Gasteiger partial charge in [0.1, 0.15) is 5.75 Å². The molecule has 0 unspecified atom stereocenters. The molecule has 0 aliphatic carbocycles. The van der Waals surface area contributed by atoms with Crippen LogP contribution in [0.15, 0.2) is 18.2 Å². The lowest BCUT2D eigenvalue weighted by atomic mass is 10.2. The van der Waals surface area contributed by atoms with E-state index < -0.39 is 5.97 Å². The molecule has 0 bridgehead atoms. The van der Waals surface area contributed by atoms with Gasteiger partial charge in [-0.1, -0.05) is 24.6 Å². The number of carboxylic acids is 1. The van der Waals surface area contributed by atoms with Crippen molar-refractivity contribution in [3.05, 3.63) is 28.8 Å². The second-order valence-corrected chi connectivity index (χ2v) is 4.50. The molecular formula is C13H18ClNO3. The van der Waals surface area contributed by atoms with E-state index in [1.54, 1.807) is 19.2 Å². The summed E-state index contributed by atoms with van der Waals surface area (Å²) in [4.78, 5) is 12.7. The quantitative estimate of drug-likeness (QED) is 0.828. The van der Waals surface area contributed by atoms with Gasteiger partial charge in [0.25, 0.3) is 0 Å². The first-order chi connectivity index (χ1) is 8.56. The average Bonchev–Trinajstić information content (AvgIpc) is 2.31. The predicted octanol–water partition coefficient (Wildman–Crippen LogP) is 2.65. The summed E-state index contributed by atoms with van der Waals surface area (Å²) < 4.78 is 5.25. The van der Waals surface area contributed by atoms with Crippen LogP contribution in [-0.4, -0.2) is 36.2 Å². The van der Waals surface area contributed by atoms with Crippen LogP contribution in [0.3, 0.4) is 0 Å². The van der Waals surface area contributed by atoms with Crippen LogP contribution in [0.5, 0.6) is 5.75 Å². The third-order valence-electron chi connectivity index (χ3n) is 2.54. The number of benzene rings is 1. The van der Waals surface area contributed by atoms with Crippen molar-refractivity contribution in [1.29, 1.82) is 0 Å². The maximum atomic E-state index is 10.8. The summed E-state index contributed by atoms with van der Waals surface area (Å²) in [6.45, 7) is 3.33. The molecule has 1 rings (SSSR count). The highest BCUT2D eigenvalue weighted by Gasteiger charge is 2.12. The highest BCUT2D eigenvalue weighted by molar-refractivity contribution is 6.30. The average molecular weight is 272 g/mol. The number of aliphatic carboxylic acids is 1. The van der Waals surface area contributed by atoms with Gasteiger partial charge in [-0.2, -0.15) is 0 Å². The number of ether oxygens (including phenoxy) is 1. The molecule has 0 heterocycles. The minimum absolute atomic E-state index is 0.0274. The standard InChI is InChI=1S/C13H18ClNO3/c1-3-6-15(9-13(16)17)8-10-4-5-11(14)7-12(10)18-2/h4-5,7H,3,6,8-9H2,1-2H3,(H,16,17). The van der Waals surface area contributed by atoms with Gasteiger partial charge in [-0.25, -0.2) is 0 Å². The molecule has 0 amide bonds. The molecule has 0 spiro atoms. The van der Waals surface area contributed by atoms with Gasteiger partial charge in [-0.05, 0) is 25.1 Å². The van der Waals surface area contributed by atoms with Crippen molar-refractivity contribution in [2.75, 3.05) is 20.2 Å². The van der Waals surface area contributed by atoms with Crippen molar-refractivity contribution < 1.29 is 14.6 Å². The molecule has 1 aromatic rings. The lowest BCUT2D eigenvalue weighted by Gasteiger charge is -2.20. The van der Waals surface area contributed by atoms with Gasteiger partial charge >= 0.3 is 5.97 Å². The smallest absolute Gasteiger partial charge is 0.317 e. The number of hydrogen-bond donors (Lipinski definition) is 1. The summed E-state index contributed by atoms with van der Waals surface area (Å²) in [5.74, 6) is -0.134. The maximum Gasteiger partial charge on any atom is 0.317 e.